The summed E-state index contributed by atoms with van der Waals surface area (Å²) < 4.78 is 40.0. The van der Waals surface area contributed by atoms with E-state index in [1.807, 2.05) is 68.5 Å². The van der Waals surface area contributed by atoms with Crippen molar-refractivity contribution in [3.63, 3.8) is 0 Å². The molecule has 2 aliphatic heterocycles. The van der Waals surface area contributed by atoms with E-state index in [0.29, 0.717) is 26.1 Å². The number of aromatic nitrogens is 4. The Kier molecular flexibility index (Phi) is 9.09. The van der Waals surface area contributed by atoms with Crippen molar-refractivity contribution in [2.24, 2.45) is 0 Å². The third kappa shape index (κ3) is 7.51. The van der Waals surface area contributed by atoms with Crippen LogP contribution in [0.25, 0.3) is 46.4 Å². The zero-order valence-electron chi connectivity index (χ0n) is 26.8. The fraction of sp³-hybridized carbons (Fsp3) is 0.200. The number of nitrogens with zero attached hydrogens (tertiary/aromatic N) is 2. The number of hydrogen-bond donors (Lipinski definition) is 2. The number of aromatic amines is 2. The Morgan fingerprint density at radius 3 is 1.54 bits per heavy atom. The minimum Gasteiger partial charge on any atom is -0.373 e. The molecule has 2 N–H and O–H groups in total. The first kappa shape index (κ1) is 31.4. The highest BCUT2D eigenvalue weighted by atomic mass is 19.1. The Balaban J connectivity index is 1.26. The van der Waals surface area contributed by atoms with Crippen molar-refractivity contribution in [3.05, 3.63) is 142 Å². The first-order chi connectivity index (χ1) is 23.3. The molecule has 2 aromatic carbocycles. The highest BCUT2D eigenvalue weighted by Crippen LogP contribution is 2.29. The van der Waals surface area contributed by atoms with Gasteiger partial charge in [0.2, 0.25) is 0 Å². The summed E-state index contributed by atoms with van der Waals surface area (Å²) in [6, 6.07) is 25.5. The van der Waals surface area contributed by atoms with Crippen LogP contribution in [0.3, 0.4) is 0 Å². The Bertz CT molecular complexity index is 2180. The largest absolute Gasteiger partial charge is 0.373 e. The van der Waals surface area contributed by atoms with Gasteiger partial charge in [-0.3, -0.25) is 0 Å². The maximum Gasteiger partial charge on any atom is 0.123 e. The van der Waals surface area contributed by atoms with Crippen molar-refractivity contribution in [2.45, 2.75) is 38.9 Å². The molecule has 5 heterocycles. The highest BCUT2D eigenvalue weighted by molar-refractivity contribution is 5.79. The molecule has 0 amide bonds. The standard InChI is InChI=1S/C40H36F2N4O2/c1-25(47-15-13-27-5-3-7-29(41)17-27)37-21-35-20-33-10-9-31(43-33)19-32-11-12-34(44-32)23-39-38(22-36(46-39)24-40(37)45-35)26(2)48-16-14-28-6-4-8-30(42)18-28/h3-12,17-26,45-46H,13-16H2,1-2H3. The summed E-state index contributed by atoms with van der Waals surface area (Å²) in [5, 5.41) is 0. The van der Waals surface area contributed by atoms with Crippen molar-refractivity contribution >= 4 is 46.4 Å². The Morgan fingerprint density at radius 2 is 1.02 bits per heavy atom. The fourth-order valence-electron chi connectivity index (χ4n) is 6.08. The maximum absolute atomic E-state index is 13.7. The van der Waals surface area contributed by atoms with E-state index in [2.05, 4.69) is 28.2 Å². The van der Waals surface area contributed by atoms with Gasteiger partial charge in [0.05, 0.1) is 48.2 Å². The lowest BCUT2D eigenvalue weighted by molar-refractivity contribution is 0.0690. The van der Waals surface area contributed by atoms with Crippen molar-refractivity contribution in [1.29, 1.82) is 0 Å². The van der Waals surface area contributed by atoms with Crippen LogP contribution in [0.1, 0.15) is 71.1 Å². The van der Waals surface area contributed by atoms with Crippen LogP contribution in [0.15, 0.2) is 84.9 Å². The second-order valence-corrected chi connectivity index (χ2v) is 12.1. The van der Waals surface area contributed by atoms with Gasteiger partial charge in [-0.05, 0) is 123 Å². The fourth-order valence-corrected chi connectivity index (χ4v) is 6.08. The van der Waals surface area contributed by atoms with Crippen LogP contribution in [0.4, 0.5) is 8.78 Å². The van der Waals surface area contributed by atoms with E-state index in [1.54, 1.807) is 24.3 Å². The molecule has 0 saturated heterocycles. The zero-order chi connectivity index (χ0) is 33.0. The lowest BCUT2D eigenvalue weighted by atomic mass is 10.1. The summed E-state index contributed by atoms with van der Waals surface area (Å²) in [6.07, 6.45) is 8.67. The molecule has 2 atom stereocenters. The zero-order valence-corrected chi connectivity index (χ0v) is 26.8. The number of nitrogens with one attached hydrogen (secondary N) is 2. The van der Waals surface area contributed by atoms with Crippen LogP contribution in [-0.2, 0) is 22.3 Å². The van der Waals surface area contributed by atoms with E-state index in [0.717, 1.165) is 67.1 Å². The van der Waals surface area contributed by atoms with E-state index in [-0.39, 0.29) is 23.8 Å². The van der Waals surface area contributed by atoms with Crippen LogP contribution >= 0.6 is 0 Å². The molecule has 48 heavy (non-hydrogen) atoms. The molecule has 2 aliphatic rings. The van der Waals surface area contributed by atoms with Crippen LogP contribution in [-0.4, -0.2) is 33.1 Å². The lowest BCUT2D eigenvalue weighted by Gasteiger charge is -2.12. The smallest absolute Gasteiger partial charge is 0.123 e. The Morgan fingerprint density at radius 1 is 0.562 bits per heavy atom. The van der Waals surface area contributed by atoms with Gasteiger partial charge in [-0.25, -0.2) is 18.7 Å². The van der Waals surface area contributed by atoms with Gasteiger partial charge in [-0.1, -0.05) is 24.3 Å². The van der Waals surface area contributed by atoms with E-state index >= 15 is 0 Å². The van der Waals surface area contributed by atoms with Gasteiger partial charge in [0.15, 0.2) is 0 Å². The number of halogens is 2. The van der Waals surface area contributed by atoms with Gasteiger partial charge in [0.1, 0.15) is 11.6 Å². The number of fused-ring (bicyclic) bond motifs is 8. The lowest BCUT2D eigenvalue weighted by Crippen LogP contribution is -2.04. The highest BCUT2D eigenvalue weighted by Gasteiger charge is 2.15. The SMILES string of the molecule is CC(OCCc1cccc(F)c1)c1cc2cc3[nH]c(cc4nc(cc5nc(cc1[nH]2)C=C5)C=C4)cc3C(C)OCCc1cccc(F)c1. The second kappa shape index (κ2) is 13.9. The minimum absolute atomic E-state index is 0.237. The molecular weight excluding hydrogens is 606 g/mol. The normalized spacial score (nSPS) is 13.6. The van der Waals surface area contributed by atoms with E-state index in [4.69, 9.17) is 19.4 Å². The first-order valence-corrected chi connectivity index (χ1v) is 16.2. The van der Waals surface area contributed by atoms with Crippen LogP contribution in [0.2, 0.25) is 0 Å². The quantitative estimate of drug-likeness (QED) is 0.156. The summed E-state index contributed by atoms with van der Waals surface area (Å²) in [7, 11) is 0. The molecule has 242 valence electrons. The van der Waals surface area contributed by atoms with E-state index < -0.39 is 0 Å². The molecular formula is C40H36F2N4O2. The molecule has 5 aromatic rings. The molecule has 6 nitrogen and oxygen atoms in total. The predicted molar refractivity (Wildman–Crippen MR) is 188 cm³/mol. The summed E-state index contributed by atoms with van der Waals surface area (Å²) in [5.74, 6) is -0.495. The summed E-state index contributed by atoms with van der Waals surface area (Å²) in [6.45, 7) is 4.94. The predicted octanol–water partition coefficient (Wildman–Crippen LogP) is 9.57. The monoisotopic (exact) mass is 642 g/mol. The van der Waals surface area contributed by atoms with Gasteiger partial charge < -0.3 is 19.4 Å². The third-order valence-electron chi connectivity index (χ3n) is 8.53. The van der Waals surface area contributed by atoms with Gasteiger partial charge in [0.25, 0.3) is 0 Å². The van der Waals surface area contributed by atoms with E-state index in [1.165, 1.54) is 12.1 Å². The molecule has 8 bridgehead atoms. The molecule has 7 rings (SSSR count). The van der Waals surface area contributed by atoms with Gasteiger partial charge in [-0.15, -0.1) is 0 Å². The van der Waals surface area contributed by atoms with Crippen molar-refractivity contribution < 1.29 is 18.3 Å². The number of H-pyrrole nitrogens is 2. The molecule has 3 aromatic heterocycles. The van der Waals surface area contributed by atoms with Crippen LogP contribution < -0.4 is 0 Å². The number of ether oxygens (including phenoxy) is 2. The van der Waals surface area contributed by atoms with Gasteiger partial charge >= 0.3 is 0 Å². The number of benzene rings is 2. The molecule has 0 spiro atoms. The average molecular weight is 643 g/mol. The average Bonchev–Trinajstić information content (AvgIpc) is 3.86. The van der Waals surface area contributed by atoms with Crippen molar-refractivity contribution in [3.8, 4) is 0 Å². The van der Waals surface area contributed by atoms with Crippen molar-refractivity contribution in [2.75, 3.05) is 13.2 Å². The molecule has 0 radical (unpaired) electrons. The van der Waals surface area contributed by atoms with Gasteiger partial charge in [-0.2, -0.15) is 0 Å². The Labute approximate surface area is 277 Å². The summed E-state index contributed by atoms with van der Waals surface area (Å²) >= 11 is 0. The topological polar surface area (TPSA) is 75.8 Å². The van der Waals surface area contributed by atoms with Crippen LogP contribution in [0, 0.1) is 11.6 Å². The van der Waals surface area contributed by atoms with E-state index in [9.17, 15) is 8.78 Å². The first-order valence-electron chi connectivity index (χ1n) is 16.2. The molecule has 0 saturated carbocycles. The summed E-state index contributed by atoms with van der Waals surface area (Å²) in [5.41, 5.74) is 10.6. The summed E-state index contributed by atoms with van der Waals surface area (Å²) in [4.78, 5) is 16.7. The van der Waals surface area contributed by atoms with Crippen molar-refractivity contribution in [1.82, 2.24) is 19.9 Å². The minimum atomic E-state index is -0.248. The number of rotatable bonds is 10. The molecule has 0 fully saturated rings. The maximum atomic E-state index is 13.7. The third-order valence-corrected chi connectivity index (χ3v) is 8.53. The number of hydrogen-bond acceptors (Lipinski definition) is 4. The van der Waals surface area contributed by atoms with Crippen LogP contribution in [0.5, 0.6) is 0 Å². The van der Waals surface area contributed by atoms with Gasteiger partial charge in [0, 0.05) is 33.2 Å². The molecule has 2 unspecified atom stereocenters. The Hall–Kier alpha value is -5.18. The molecule has 8 heteroatoms. The molecule has 0 aliphatic carbocycles. The second-order valence-electron chi connectivity index (χ2n) is 12.1.